The number of benzene rings is 4. The van der Waals surface area contributed by atoms with Crippen LogP contribution in [0.1, 0.15) is 28.7 Å². The van der Waals surface area contributed by atoms with E-state index in [2.05, 4.69) is 137 Å². The van der Waals surface area contributed by atoms with Gasteiger partial charge in [-0.2, -0.15) is 0 Å². The summed E-state index contributed by atoms with van der Waals surface area (Å²) in [5.74, 6) is 0. The van der Waals surface area contributed by atoms with Crippen LogP contribution in [0.3, 0.4) is 0 Å². The molecular weight excluding hydrogens is 470 g/mol. The Morgan fingerprint density at radius 2 is 1.00 bits per heavy atom. The predicted molar refractivity (Wildman–Crippen MR) is 163 cm³/mol. The molecule has 0 heterocycles. The number of allylic oxidation sites excluding steroid dienone is 4. The first-order chi connectivity index (χ1) is 17.5. The van der Waals surface area contributed by atoms with Crippen LogP contribution >= 0.6 is 15.8 Å². The van der Waals surface area contributed by atoms with Crippen molar-refractivity contribution in [3.8, 4) is 0 Å². The third-order valence-electron chi connectivity index (χ3n) is 6.66. The molecule has 4 aromatic carbocycles. The minimum Gasteiger partial charge on any atom is -0.0798 e. The quantitative estimate of drug-likeness (QED) is 0.226. The molecule has 2 heteroatoms. The Kier molecular flexibility index (Phi) is 7.67. The lowest BCUT2D eigenvalue weighted by Gasteiger charge is -2.25. The molecule has 0 saturated heterocycles. The summed E-state index contributed by atoms with van der Waals surface area (Å²) < 4.78 is 0. The monoisotopic (exact) mass is 504 g/mol. The summed E-state index contributed by atoms with van der Waals surface area (Å²) in [6.07, 6.45) is 6.96. The molecule has 180 valence electrons. The fourth-order valence-corrected chi connectivity index (χ4v) is 10.7. The van der Waals surface area contributed by atoms with Crippen molar-refractivity contribution in [1.82, 2.24) is 0 Å². The van der Waals surface area contributed by atoms with Gasteiger partial charge < -0.3 is 0 Å². The zero-order valence-corrected chi connectivity index (χ0v) is 23.5. The summed E-state index contributed by atoms with van der Waals surface area (Å²) in [6.45, 7) is 8.93. The highest BCUT2D eigenvalue weighted by Gasteiger charge is 2.26. The molecule has 0 aromatic heterocycles. The first kappa shape index (κ1) is 24.9. The van der Waals surface area contributed by atoms with E-state index in [0.717, 1.165) is 12.6 Å². The topological polar surface area (TPSA) is 0 Å². The zero-order chi connectivity index (χ0) is 25.1. The minimum atomic E-state index is -0.557. The van der Waals surface area contributed by atoms with Crippen molar-refractivity contribution in [3.05, 3.63) is 142 Å². The van der Waals surface area contributed by atoms with Gasteiger partial charge in [0.2, 0.25) is 0 Å². The number of hydrogen-bond donors (Lipinski definition) is 0. The van der Waals surface area contributed by atoms with Crippen LogP contribution in [0.4, 0.5) is 0 Å². The Hall–Kier alpha value is -2.78. The van der Waals surface area contributed by atoms with E-state index in [9.17, 15) is 0 Å². The van der Waals surface area contributed by atoms with Gasteiger partial charge in [0.25, 0.3) is 0 Å². The molecule has 0 radical (unpaired) electrons. The maximum absolute atomic E-state index is 2.43. The van der Waals surface area contributed by atoms with Crippen LogP contribution < -0.4 is 21.2 Å². The lowest BCUT2D eigenvalue weighted by molar-refractivity contribution is 1.37. The average molecular weight is 505 g/mol. The van der Waals surface area contributed by atoms with Crippen molar-refractivity contribution in [3.63, 3.8) is 0 Å². The first-order valence-corrected chi connectivity index (χ1v) is 15.6. The third-order valence-corrected chi connectivity index (χ3v) is 11.7. The second kappa shape index (κ2) is 11.1. The Bertz CT molecular complexity index is 1280. The normalized spacial score (nSPS) is 13.3. The van der Waals surface area contributed by atoms with Gasteiger partial charge >= 0.3 is 0 Å². The van der Waals surface area contributed by atoms with Crippen LogP contribution in [0.25, 0.3) is 0 Å². The van der Waals surface area contributed by atoms with Crippen molar-refractivity contribution < 1.29 is 0 Å². The van der Waals surface area contributed by atoms with E-state index in [1.807, 2.05) is 0 Å². The SMILES string of the molecule is Cc1cc(C)cc(P(CC2=C(P(c3ccccc3)c3ccccc3)CC=C2)c2cc(C)cc(C)c2)c1. The van der Waals surface area contributed by atoms with Crippen LogP contribution in [0.5, 0.6) is 0 Å². The average Bonchev–Trinajstić information content (AvgIpc) is 3.30. The summed E-state index contributed by atoms with van der Waals surface area (Å²) in [4.78, 5) is 0. The molecule has 4 aromatic rings. The molecule has 0 saturated carbocycles. The van der Waals surface area contributed by atoms with Gasteiger partial charge in [-0.3, -0.25) is 0 Å². The van der Waals surface area contributed by atoms with Crippen molar-refractivity contribution in [2.75, 3.05) is 6.16 Å². The summed E-state index contributed by atoms with van der Waals surface area (Å²) >= 11 is 0. The van der Waals surface area contributed by atoms with Gasteiger partial charge in [-0.05, 0) is 82.1 Å². The molecule has 1 aliphatic rings. The second-order valence-electron chi connectivity index (χ2n) is 9.86. The Morgan fingerprint density at radius 1 is 0.556 bits per heavy atom. The van der Waals surface area contributed by atoms with E-state index in [4.69, 9.17) is 0 Å². The smallest absolute Gasteiger partial charge is 0.00108 e. The Labute approximate surface area is 219 Å². The van der Waals surface area contributed by atoms with Gasteiger partial charge in [0.05, 0.1) is 0 Å². The van der Waals surface area contributed by atoms with Crippen molar-refractivity contribution in [2.24, 2.45) is 0 Å². The third kappa shape index (κ3) is 5.62. The van der Waals surface area contributed by atoms with Crippen LogP contribution in [-0.2, 0) is 0 Å². The molecule has 0 atom stereocenters. The molecule has 0 nitrogen and oxygen atoms in total. The van der Waals surface area contributed by atoms with E-state index in [-0.39, 0.29) is 0 Å². The predicted octanol–water partition coefficient (Wildman–Crippen LogP) is 7.70. The van der Waals surface area contributed by atoms with Crippen LogP contribution in [0.15, 0.2) is 120 Å². The minimum absolute atomic E-state index is 0.515. The Balaban J connectivity index is 1.64. The highest BCUT2D eigenvalue weighted by Crippen LogP contribution is 2.51. The number of hydrogen-bond acceptors (Lipinski definition) is 0. The van der Waals surface area contributed by atoms with Crippen molar-refractivity contribution in [2.45, 2.75) is 34.1 Å². The maximum Gasteiger partial charge on any atom is 0.00108 e. The van der Waals surface area contributed by atoms with Crippen LogP contribution in [0.2, 0.25) is 0 Å². The zero-order valence-electron chi connectivity index (χ0n) is 21.7. The van der Waals surface area contributed by atoms with Gasteiger partial charge in [0, 0.05) is 6.16 Å². The van der Waals surface area contributed by atoms with E-state index in [0.29, 0.717) is 0 Å². The molecular formula is C34H34P2. The van der Waals surface area contributed by atoms with Crippen LogP contribution in [0, 0.1) is 27.7 Å². The van der Waals surface area contributed by atoms with Crippen LogP contribution in [-0.4, -0.2) is 6.16 Å². The molecule has 0 aliphatic heterocycles. The molecule has 0 unspecified atom stereocenters. The van der Waals surface area contributed by atoms with E-state index < -0.39 is 15.8 Å². The fraction of sp³-hybridized carbons (Fsp3) is 0.176. The summed E-state index contributed by atoms with van der Waals surface area (Å²) in [5.41, 5.74) is 6.96. The molecule has 5 rings (SSSR count). The lowest BCUT2D eigenvalue weighted by Crippen LogP contribution is -2.18. The molecule has 0 fully saturated rings. The van der Waals surface area contributed by atoms with E-state index in [1.54, 1.807) is 10.9 Å². The van der Waals surface area contributed by atoms with E-state index in [1.165, 1.54) is 43.5 Å². The largest absolute Gasteiger partial charge is 0.0798 e. The first-order valence-electron chi connectivity index (χ1n) is 12.7. The molecule has 0 amide bonds. The summed E-state index contributed by atoms with van der Waals surface area (Å²) in [5, 5.41) is 7.48. The Morgan fingerprint density at radius 3 is 1.44 bits per heavy atom. The molecule has 0 spiro atoms. The van der Waals surface area contributed by atoms with Gasteiger partial charge in [0.1, 0.15) is 0 Å². The lowest BCUT2D eigenvalue weighted by atomic mass is 10.2. The highest BCUT2D eigenvalue weighted by atomic mass is 31.1. The molecule has 0 bridgehead atoms. The molecule has 1 aliphatic carbocycles. The molecule has 0 N–H and O–H groups in total. The van der Waals surface area contributed by atoms with Gasteiger partial charge in [-0.15, -0.1) is 0 Å². The number of aryl methyl sites for hydroxylation is 4. The molecule has 36 heavy (non-hydrogen) atoms. The van der Waals surface area contributed by atoms with Gasteiger partial charge in [-0.25, -0.2) is 0 Å². The standard InChI is InChI=1S/C34H34P2/c1-25-18-26(2)21-32(20-25)35(33-22-27(3)19-28(4)23-33)24-29-12-11-17-34(29)36(30-13-7-5-8-14-30)31-15-9-6-10-16-31/h5-16,18-23H,17,24H2,1-4H3. The maximum atomic E-state index is 2.43. The van der Waals surface area contributed by atoms with Crippen molar-refractivity contribution >= 4 is 37.1 Å². The summed E-state index contributed by atoms with van der Waals surface area (Å²) in [6, 6.07) is 36.6. The second-order valence-corrected chi connectivity index (χ2v) is 14.3. The van der Waals surface area contributed by atoms with Gasteiger partial charge in [0.15, 0.2) is 0 Å². The fourth-order valence-electron chi connectivity index (χ4n) is 5.25. The van der Waals surface area contributed by atoms with E-state index >= 15 is 0 Å². The highest BCUT2D eigenvalue weighted by molar-refractivity contribution is 7.77. The number of rotatable bonds is 7. The summed E-state index contributed by atoms with van der Waals surface area (Å²) in [7, 11) is -1.07. The van der Waals surface area contributed by atoms with Crippen molar-refractivity contribution in [1.29, 1.82) is 0 Å². The van der Waals surface area contributed by atoms with Gasteiger partial charge in [-0.1, -0.05) is 131 Å².